The molecule has 0 saturated heterocycles. The summed E-state index contributed by atoms with van der Waals surface area (Å²) in [6.45, 7) is 0. The lowest BCUT2D eigenvalue weighted by Crippen LogP contribution is -2.04. The van der Waals surface area contributed by atoms with Crippen molar-refractivity contribution >= 4 is 27.9 Å². The fourth-order valence-electron chi connectivity index (χ4n) is 3.66. The van der Waals surface area contributed by atoms with Crippen LogP contribution in [0.25, 0.3) is 27.8 Å². The van der Waals surface area contributed by atoms with Crippen molar-refractivity contribution in [3.63, 3.8) is 0 Å². The molecule has 0 unspecified atom stereocenters. The van der Waals surface area contributed by atoms with Gasteiger partial charge in [-0.15, -0.1) is 0 Å². The van der Waals surface area contributed by atoms with Crippen molar-refractivity contribution in [1.82, 2.24) is 14.4 Å². The highest BCUT2D eigenvalue weighted by molar-refractivity contribution is 6.08. The summed E-state index contributed by atoms with van der Waals surface area (Å²) in [6, 6.07) is 17.8. The van der Waals surface area contributed by atoms with E-state index in [0.717, 1.165) is 28.7 Å². The Kier molecular flexibility index (Phi) is 4.97. The normalized spacial score (nSPS) is 12.1. The molecule has 33 heavy (non-hydrogen) atoms. The molecule has 5 rings (SSSR count). The number of anilines is 1. The molecule has 0 amide bonds. The maximum atomic E-state index is 12.9. The third-order valence-electron chi connectivity index (χ3n) is 5.29. The van der Waals surface area contributed by atoms with Gasteiger partial charge >= 0.3 is 6.18 Å². The van der Waals surface area contributed by atoms with Crippen LogP contribution in [0, 0.1) is 0 Å². The van der Waals surface area contributed by atoms with Gasteiger partial charge in [-0.1, -0.05) is 24.3 Å². The number of alkyl halides is 3. The molecule has 0 bridgehead atoms. The van der Waals surface area contributed by atoms with Crippen molar-refractivity contribution < 1.29 is 18.0 Å². The lowest BCUT2D eigenvalue weighted by atomic mass is 10.1. The number of allylic oxidation sites excluding steroid dienone is 1. The Morgan fingerprint density at radius 1 is 1.03 bits per heavy atom. The fraction of sp³-hybridized carbons (Fsp3) is 0.0400. The molecule has 164 valence electrons. The lowest BCUT2D eigenvalue weighted by Gasteiger charge is -2.07. The molecule has 3 aromatic heterocycles. The minimum atomic E-state index is -4.42. The standard InChI is InChI=1S/C25H17F3N4O/c26-25(27,28)18-7-4-17(5-8-18)24-31-23(21-3-1-2-14-32(21)24)22(33)11-13-29-19-9-6-16-10-12-30-20(16)15-19/h1-15,29-30H/b13-11-. The van der Waals surface area contributed by atoms with Crippen molar-refractivity contribution in [2.45, 2.75) is 6.18 Å². The molecular formula is C25H17F3N4O. The number of pyridine rings is 1. The number of ketones is 1. The molecule has 0 radical (unpaired) electrons. The number of imidazole rings is 1. The SMILES string of the molecule is O=C(/C=C\Nc1ccc2cc[nH]c2c1)c1nc(-c2ccc(C(F)(F)F)cc2)n2ccccc12. The number of hydrogen-bond donors (Lipinski definition) is 2. The summed E-state index contributed by atoms with van der Waals surface area (Å²) < 4.78 is 40.4. The zero-order chi connectivity index (χ0) is 23.0. The van der Waals surface area contributed by atoms with Crippen LogP contribution in [0.3, 0.4) is 0 Å². The first-order chi connectivity index (χ1) is 15.9. The summed E-state index contributed by atoms with van der Waals surface area (Å²) in [4.78, 5) is 20.5. The number of fused-ring (bicyclic) bond motifs is 2. The van der Waals surface area contributed by atoms with Crippen LogP contribution in [0.1, 0.15) is 16.1 Å². The molecule has 0 aliphatic heterocycles. The minimum Gasteiger partial charge on any atom is -0.361 e. The van der Waals surface area contributed by atoms with Gasteiger partial charge in [-0.05, 0) is 47.9 Å². The van der Waals surface area contributed by atoms with E-state index in [0.29, 0.717) is 16.9 Å². The lowest BCUT2D eigenvalue weighted by molar-refractivity contribution is -0.137. The van der Waals surface area contributed by atoms with Crippen molar-refractivity contribution in [3.05, 3.63) is 103 Å². The summed E-state index contributed by atoms with van der Waals surface area (Å²) in [5.41, 5.74) is 2.30. The van der Waals surface area contributed by atoms with E-state index in [1.54, 1.807) is 35.0 Å². The van der Waals surface area contributed by atoms with E-state index in [1.165, 1.54) is 18.2 Å². The summed E-state index contributed by atoms with van der Waals surface area (Å²) in [5.74, 6) is 0.0616. The Hall–Kier alpha value is -4.33. The van der Waals surface area contributed by atoms with Crippen molar-refractivity contribution in [2.75, 3.05) is 5.32 Å². The van der Waals surface area contributed by atoms with E-state index < -0.39 is 11.7 Å². The van der Waals surface area contributed by atoms with Crippen LogP contribution in [0.5, 0.6) is 0 Å². The second-order valence-corrected chi connectivity index (χ2v) is 7.44. The molecular weight excluding hydrogens is 429 g/mol. The highest BCUT2D eigenvalue weighted by atomic mass is 19.4. The average molecular weight is 446 g/mol. The van der Waals surface area contributed by atoms with E-state index in [-0.39, 0.29) is 11.5 Å². The number of carbonyl (C=O) groups is 1. The quantitative estimate of drug-likeness (QED) is 0.246. The van der Waals surface area contributed by atoms with Gasteiger partial charge in [0.15, 0.2) is 0 Å². The fourth-order valence-corrected chi connectivity index (χ4v) is 3.66. The molecule has 3 heterocycles. The predicted octanol–water partition coefficient (Wildman–Crippen LogP) is 6.31. The summed E-state index contributed by atoms with van der Waals surface area (Å²) in [6.07, 6.45) is 2.08. The Morgan fingerprint density at radius 2 is 1.85 bits per heavy atom. The second-order valence-electron chi connectivity index (χ2n) is 7.44. The molecule has 0 saturated carbocycles. The van der Waals surface area contributed by atoms with Gasteiger partial charge in [-0.3, -0.25) is 9.20 Å². The van der Waals surface area contributed by atoms with E-state index in [1.807, 2.05) is 30.5 Å². The number of benzene rings is 2. The highest BCUT2D eigenvalue weighted by Gasteiger charge is 2.30. The number of aromatic nitrogens is 3. The number of nitrogens with zero attached hydrogens (tertiary/aromatic N) is 2. The molecule has 5 aromatic rings. The van der Waals surface area contributed by atoms with Gasteiger partial charge in [-0.2, -0.15) is 13.2 Å². The smallest absolute Gasteiger partial charge is 0.361 e. The van der Waals surface area contributed by atoms with Crippen LogP contribution in [0.15, 0.2) is 91.4 Å². The molecule has 0 spiro atoms. The van der Waals surface area contributed by atoms with Crippen LogP contribution in [-0.2, 0) is 6.18 Å². The maximum Gasteiger partial charge on any atom is 0.416 e. The Balaban J connectivity index is 1.43. The Morgan fingerprint density at radius 3 is 2.64 bits per heavy atom. The van der Waals surface area contributed by atoms with Crippen molar-refractivity contribution in [2.24, 2.45) is 0 Å². The molecule has 5 nitrogen and oxygen atoms in total. The van der Waals surface area contributed by atoms with E-state index >= 15 is 0 Å². The molecule has 2 N–H and O–H groups in total. The van der Waals surface area contributed by atoms with Gasteiger partial charge in [0.1, 0.15) is 11.5 Å². The number of halogens is 3. The number of carbonyl (C=O) groups excluding carboxylic acids is 1. The Labute approximate surface area is 186 Å². The number of H-pyrrole nitrogens is 1. The van der Waals surface area contributed by atoms with Gasteiger partial charge in [0, 0.05) is 41.4 Å². The van der Waals surface area contributed by atoms with Crippen LogP contribution in [0.4, 0.5) is 18.9 Å². The van der Waals surface area contributed by atoms with Crippen LogP contribution < -0.4 is 5.32 Å². The number of aromatic amines is 1. The molecule has 0 aliphatic carbocycles. The first kappa shape index (κ1) is 20.6. The van der Waals surface area contributed by atoms with Gasteiger partial charge < -0.3 is 10.3 Å². The average Bonchev–Trinajstić information content (AvgIpc) is 3.43. The van der Waals surface area contributed by atoms with E-state index in [2.05, 4.69) is 15.3 Å². The third kappa shape index (κ3) is 3.98. The summed E-state index contributed by atoms with van der Waals surface area (Å²) >= 11 is 0. The molecule has 0 atom stereocenters. The largest absolute Gasteiger partial charge is 0.416 e. The first-order valence-electron chi connectivity index (χ1n) is 10.1. The monoisotopic (exact) mass is 446 g/mol. The topological polar surface area (TPSA) is 62.2 Å². The number of nitrogens with one attached hydrogen (secondary N) is 2. The molecule has 0 aliphatic rings. The number of hydrogen-bond acceptors (Lipinski definition) is 3. The highest BCUT2D eigenvalue weighted by Crippen LogP contribution is 2.31. The van der Waals surface area contributed by atoms with Crippen LogP contribution in [0.2, 0.25) is 0 Å². The third-order valence-corrected chi connectivity index (χ3v) is 5.29. The Bertz CT molecular complexity index is 1490. The molecule has 0 fully saturated rings. The van der Waals surface area contributed by atoms with Gasteiger partial charge in [-0.25, -0.2) is 4.98 Å². The van der Waals surface area contributed by atoms with E-state index in [4.69, 9.17) is 0 Å². The van der Waals surface area contributed by atoms with Gasteiger partial charge in [0.2, 0.25) is 5.78 Å². The summed E-state index contributed by atoms with van der Waals surface area (Å²) in [5, 5.41) is 4.16. The molecule has 8 heteroatoms. The number of rotatable bonds is 5. The zero-order valence-electron chi connectivity index (χ0n) is 17.1. The second kappa shape index (κ2) is 7.98. The van der Waals surface area contributed by atoms with Crippen molar-refractivity contribution in [3.8, 4) is 11.4 Å². The summed E-state index contributed by atoms with van der Waals surface area (Å²) in [7, 11) is 0. The minimum absolute atomic E-state index is 0.211. The van der Waals surface area contributed by atoms with Crippen LogP contribution >= 0.6 is 0 Å². The van der Waals surface area contributed by atoms with Crippen molar-refractivity contribution in [1.29, 1.82) is 0 Å². The predicted molar refractivity (Wildman–Crippen MR) is 121 cm³/mol. The first-order valence-corrected chi connectivity index (χ1v) is 10.1. The van der Waals surface area contributed by atoms with Crippen LogP contribution in [-0.4, -0.2) is 20.2 Å². The van der Waals surface area contributed by atoms with Gasteiger partial charge in [0.25, 0.3) is 0 Å². The molecule has 2 aromatic carbocycles. The van der Waals surface area contributed by atoms with E-state index in [9.17, 15) is 18.0 Å². The zero-order valence-corrected chi connectivity index (χ0v) is 17.1. The maximum absolute atomic E-state index is 12.9. The van der Waals surface area contributed by atoms with Gasteiger partial charge in [0.05, 0.1) is 11.1 Å².